The van der Waals surface area contributed by atoms with E-state index in [1.54, 1.807) is 0 Å². The van der Waals surface area contributed by atoms with E-state index in [0.717, 1.165) is 19.2 Å². The van der Waals surface area contributed by atoms with Crippen LogP contribution in [0.25, 0.3) is 0 Å². The molecule has 1 N–H and O–H groups in total. The van der Waals surface area contributed by atoms with E-state index in [2.05, 4.69) is 14.8 Å². The number of benzene rings is 1. The maximum atomic E-state index is 11.9. The van der Waals surface area contributed by atoms with Crippen LogP contribution < -0.4 is 10.1 Å². The number of ether oxygens (including phenoxy) is 2. The lowest BCUT2D eigenvalue weighted by molar-refractivity contribution is -0.274. The summed E-state index contributed by atoms with van der Waals surface area (Å²) in [5, 5.41) is 2.06. The fraction of sp³-hybridized carbons (Fsp3) is 0.200. The van der Waals surface area contributed by atoms with Gasteiger partial charge < -0.3 is 14.8 Å². The second-order valence-corrected chi connectivity index (χ2v) is 3.02. The molecule has 1 amide bonds. The second-order valence-electron chi connectivity index (χ2n) is 3.02. The predicted molar refractivity (Wildman–Crippen MR) is 53.8 cm³/mol. The molecule has 0 heterocycles. The van der Waals surface area contributed by atoms with Crippen molar-refractivity contribution in [1.29, 1.82) is 0 Å². The molecule has 0 spiro atoms. The van der Waals surface area contributed by atoms with E-state index in [4.69, 9.17) is 0 Å². The molecule has 0 fully saturated rings. The fourth-order valence-electron chi connectivity index (χ4n) is 1.05. The summed E-state index contributed by atoms with van der Waals surface area (Å²) in [7, 11) is 1.01. The highest BCUT2D eigenvalue weighted by Gasteiger charge is 2.31. The molecule has 5 nitrogen and oxygen atoms in total. The maximum absolute atomic E-state index is 11.9. The van der Waals surface area contributed by atoms with Gasteiger partial charge in [-0.1, -0.05) is 6.07 Å². The lowest BCUT2D eigenvalue weighted by atomic mass is 10.3. The molecule has 0 radical (unpaired) electrons. The van der Waals surface area contributed by atoms with Crippen LogP contribution in [-0.2, 0) is 14.3 Å². The van der Waals surface area contributed by atoms with Gasteiger partial charge in [0.15, 0.2) is 0 Å². The summed E-state index contributed by atoms with van der Waals surface area (Å²) >= 11 is 0. The number of rotatable bonds is 2. The van der Waals surface area contributed by atoms with Crippen molar-refractivity contribution in [3.63, 3.8) is 0 Å². The number of halogens is 3. The lowest BCUT2D eigenvalue weighted by Crippen LogP contribution is -2.24. The van der Waals surface area contributed by atoms with Gasteiger partial charge in [0.1, 0.15) is 5.75 Å². The Bertz CT molecular complexity index is 459. The van der Waals surface area contributed by atoms with Crippen molar-refractivity contribution in [3.8, 4) is 5.75 Å². The number of carbonyl (C=O) groups is 2. The summed E-state index contributed by atoms with van der Waals surface area (Å²) in [6.45, 7) is 0. The third kappa shape index (κ3) is 4.32. The number of amides is 1. The van der Waals surface area contributed by atoms with E-state index in [9.17, 15) is 22.8 Å². The van der Waals surface area contributed by atoms with Crippen LogP contribution in [0.15, 0.2) is 24.3 Å². The summed E-state index contributed by atoms with van der Waals surface area (Å²) in [5.74, 6) is -2.76. The molecule has 0 saturated heterocycles. The van der Waals surface area contributed by atoms with Crippen molar-refractivity contribution in [2.45, 2.75) is 6.36 Å². The van der Waals surface area contributed by atoms with Gasteiger partial charge in [-0.05, 0) is 12.1 Å². The van der Waals surface area contributed by atoms with Crippen LogP contribution in [0.2, 0.25) is 0 Å². The number of carbonyl (C=O) groups excluding carboxylic acids is 2. The molecule has 0 atom stereocenters. The van der Waals surface area contributed by atoms with E-state index in [1.165, 1.54) is 12.1 Å². The molecule has 0 saturated carbocycles. The topological polar surface area (TPSA) is 64.6 Å². The van der Waals surface area contributed by atoms with Gasteiger partial charge in [-0.25, -0.2) is 4.79 Å². The van der Waals surface area contributed by atoms with Crippen molar-refractivity contribution in [3.05, 3.63) is 24.3 Å². The number of alkyl halides is 3. The number of methoxy groups -OCH3 is 1. The van der Waals surface area contributed by atoms with Crippen molar-refractivity contribution < 1.29 is 32.2 Å². The molecule has 0 aromatic heterocycles. The third-order valence-electron chi connectivity index (χ3n) is 1.70. The van der Waals surface area contributed by atoms with Crippen LogP contribution >= 0.6 is 0 Å². The zero-order valence-corrected chi connectivity index (χ0v) is 9.08. The first kappa shape index (κ1) is 13.8. The summed E-state index contributed by atoms with van der Waals surface area (Å²) in [6, 6.07) is 4.51. The van der Waals surface area contributed by atoms with Crippen molar-refractivity contribution in [2.24, 2.45) is 0 Å². The monoisotopic (exact) mass is 263 g/mol. The summed E-state index contributed by atoms with van der Waals surface area (Å²) in [6.07, 6.45) is -4.83. The Morgan fingerprint density at radius 2 is 1.94 bits per heavy atom. The lowest BCUT2D eigenvalue weighted by Gasteiger charge is -2.10. The molecule has 0 unspecified atom stereocenters. The predicted octanol–water partition coefficient (Wildman–Crippen LogP) is 1.70. The van der Waals surface area contributed by atoms with Crippen molar-refractivity contribution in [2.75, 3.05) is 12.4 Å². The normalized spacial score (nSPS) is 10.7. The molecule has 98 valence electrons. The van der Waals surface area contributed by atoms with Crippen molar-refractivity contribution >= 4 is 17.6 Å². The van der Waals surface area contributed by atoms with Gasteiger partial charge in [0.2, 0.25) is 0 Å². The minimum absolute atomic E-state index is 0.0212. The number of nitrogens with one attached hydrogen (secondary N) is 1. The standard InChI is InChI=1S/C10H8F3NO4/c1-17-9(16)8(15)14-6-3-2-4-7(5-6)18-10(11,12)13/h2-5H,1H3,(H,14,15). The van der Waals surface area contributed by atoms with Crippen LogP contribution in [0.1, 0.15) is 0 Å². The average Bonchev–Trinajstić information content (AvgIpc) is 2.26. The van der Waals surface area contributed by atoms with Gasteiger partial charge in [-0.3, -0.25) is 4.79 Å². The largest absolute Gasteiger partial charge is 0.573 e. The number of hydrogen-bond acceptors (Lipinski definition) is 4. The van der Waals surface area contributed by atoms with Gasteiger partial charge in [0, 0.05) is 11.8 Å². The molecular formula is C10H8F3NO4. The SMILES string of the molecule is COC(=O)C(=O)Nc1cccc(OC(F)(F)F)c1. The molecular weight excluding hydrogens is 255 g/mol. The Hall–Kier alpha value is -2.25. The van der Waals surface area contributed by atoms with Crippen LogP contribution in [0.4, 0.5) is 18.9 Å². The van der Waals surface area contributed by atoms with Crippen LogP contribution in [-0.4, -0.2) is 25.3 Å². The van der Waals surface area contributed by atoms with E-state index in [0.29, 0.717) is 0 Å². The summed E-state index contributed by atoms with van der Waals surface area (Å²) in [4.78, 5) is 21.9. The van der Waals surface area contributed by atoms with Gasteiger partial charge in [0.05, 0.1) is 7.11 Å². The minimum Gasteiger partial charge on any atom is -0.462 e. The zero-order chi connectivity index (χ0) is 13.8. The van der Waals surface area contributed by atoms with E-state index in [1.807, 2.05) is 0 Å². The van der Waals surface area contributed by atoms with Crippen LogP contribution in [0.3, 0.4) is 0 Å². The first-order chi connectivity index (χ1) is 8.31. The van der Waals surface area contributed by atoms with Gasteiger partial charge in [-0.2, -0.15) is 0 Å². The average molecular weight is 263 g/mol. The molecule has 0 bridgehead atoms. The summed E-state index contributed by atoms with van der Waals surface area (Å²) < 4.78 is 43.6. The van der Waals surface area contributed by atoms with Gasteiger partial charge in [0.25, 0.3) is 0 Å². The minimum atomic E-state index is -4.83. The molecule has 0 aliphatic rings. The van der Waals surface area contributed by atoms with E-state index >= 15 is 0 Å². The Morgan fingerprint density at radius 1 is 1.28 bits per heavy atom. The first-order valence-electron chi connectivity index (χ1n) is 4.57. The second kappa shape index (κ2) is 5.39. The number of anilines is 1. The van der Waals surface area contributed by atoms with Crippen molar-refractivity contribution in [1.82, 2.24) is 0 Å². The molecule has 1 aromatic rings. The first-order valence-corrected chi connectivity index (χ1v) is 4.57. The van der Waals surface area contributed by atoms with E-state index in [-0.39, 0.29) is 5.69 Å². The quantitative estimate of drug-likeness (QED) is 0.651. The smallest absolute Gasteiger partial charge is 0.462 e. The molecule has 1 aromatic carbocycles. The molecule has 18 heavy (non-hydrogen) atoms. The number of esters is 1. The van der Waals surface area contributed by atoms with Gasteiger partial charge in [-0.15, -0.1) is 13.2 Å². The highest BCUT2D eigenvalue weighted by atomic mass is 19.4. The Morgan fingerprint density at radius 3 is 2.50 bits per heavy atom. The van der Waals surface area contributed by atoms with E-state index < -0.39 is 24.0 Å². The molecule has 0 aliphatic carbocycles. The highest BCUT2D eigenvalue weighted by Crippen LogP contribution is 2.24. The Labute approximate surface area is 99.5 Å². The highest BCUT2D eigenvalue weighted by molar-refractivity contribution is 6.37. The Balaban J connectivity index is 2.77. The number of hydrogen-bond donors (Lipinski definition) is 1. The maximum Gasteiger partial charge on any atom is 0.573 e. The Kier molecular flexibility index (Phi) is 4.13. The zero-order valence-electron chi connectivity index (χ0n) is 9.08. The van der Waals surface area contributed by atoms with Crippen LogP contribution in [0.5, 0.6) is 5.75 Å². The van der Waals surface area contributed by atoms with Gasteiger partial charge >= 0.3 is 18.2 Å². The van der Waals surface area contributed by atoms with Crippen LogP contribution in [0, 0.1) is 0 Å². The third-order valence-corrected chi connectivity index (χ3v) is 1.70. The molecule has 0 aliphatic heterocycles. The molecule has 8 heteroatoms. The molecule has 1 rings (SSSR count). The fourth-order valence-corrected chi connectivity index (χ4v) is 1.05. The summed E-state index contributed by atoms with van der Waals surface area (Å²) in [5.41, 5.74) is -0.0212.